The number of hydrogen-bond donors (Lipinski definition) is 1. The zero-order chi connectivity index (χ0) is 15.3. The lowest BCUT2D eigenvalue weighted by Crippen LogP contribution is -2.42. The van der Waals surface area contributed by atoms with Gasteiger partial charge in [0.2, 0.25) is 0 Å². The van der Waals surface area contributed by atoms with E-state index < -0.39 is 5.60 Å². The number of hydrogen-bond acceptors (Lipinski definition) is 4. The Balaban J connectivity index is 2.27. The molecule has 0 saturated heterocycles. The molecule has 1 aromatic rings. The average molecular weight is 292 g/mol. The fourth-order valence-corrected chi connectivity index (χ4v) is 3.23. The summed E-state index contributed by atoms with van der Waals surface area (Å²) in [6.07, 6.45) is 4.77. The van der Waals surface area contributed by atoms with Crippen molar-refractivity contribution < 1.29 is 9.84 Å². The van der Waals surface area contributed by atoms with Crippen molar-refractivity contribution in [1.82, 2.24) is 5.01 Å². The monoisotopic (exact) mass is 292 g/mol. The second-order valence-electron chi connectivity index (χ2n) is 5.91. The second kappa shape index (κ2) is 6.89. The van der Waals surface area contributed by atoms with E-state index in [-0.39, 0.29) is 5.92 Å². The van der Waals surface area contributed by atoms with Crippen molar-refractivity contribution in [2.75, 3.05) is 20.7 Å². The first-order valence-corrected chi connectivity index (χ1v) is 7.50. The van der Waals surface area contributed by atoms with Crippen molar-refractivity contribution in [2.24, 2.45) is 5.29 Å². The minimum Gasteiger partial charge on any atom is -0.497 e. The minimum absolute atomic E-state index is 0.119. The van der Waals surface area contributed by atoms with Crippen LogP contribution in [0.25, 0.3) is 0 Å². The number of aliphatic hydroxyl groups is 1. The molecule has 0 radical (unpaired) electrons. The van der Waals surface area contributed by atoms with Gasteiger partial charge in [0.05, 0.1) is 18.0 Å². The number of nitrogens with zero attached hydrogens (tertiary/aromatic N) is 2. The molecule has 0 aromatic heterocycles. The Morgan fingerprint density at radius 3 is 2.43 bits per heavy atom. The lowest BCUT2D eigenvalue weighted by Gasteiger charge is -2.40. The summed E-state index contributed by atoms with van der Waals surface area (Å²) < 4.78 is 5.18. The summed E-state index contributed by atoms with van der Waals surface area (Å²) in [6, 6.07) is 7.72. The van der Waals surface area contributed by atoms with Crippen molar-refractivity contribution >= 4 is 0 Å². The van der Waals surface area contributed by atoms with Crippen LogP contribution in [0, 0.1) is 4.91 Å². The zero-order valence-electron chi connectivity index (χ0n) is 12.8. The Morgan fingerprint density at radius 1 is 1.29 bits per heavy atom. The highest BCUT2D eigenvalue weighted by Gasteiger charge is 2.39. The molecule has 1 aliphatic carbocycles. The van der Waals surface area contributed by atoms with E-state index in [4.69, 9.17) is 4.74 Å². The molecule has 1 atom stereocenters. The van der Waals surface area contributed by atoms with Crippen molar-refractivity contribution in [2.45, 2.75) is 43.6 Å². The van der Waals surface area contributed by atoms with E-state index in [1.807, 2.05) is 24.3 Å². The second-order valence-corrected chi connectivity index (χ2v) is 5.91. The summed E-state index contributed by atoms with van der Waals surface area (Å²) in [7, 11) is 3.28. The van der Waals surface area contributed by atoms with E-state index in [2.05, 4.69) is 5.29 Å². The minimum atomic E-state index is -0.758. The lowest BCUT2D eigenvalue weighted by atomic mass is 9.72. The Morgan fingerprint density at radius 2 is 1.90 bits per heavy atom. The number of likely N-dealkylation sites (N-methyl/N-ethyl adjacent to an activating group) is 1. The molecule has 5 nitrogen and oxygen atoms in total. The fraction of sp³-hybridized carbons (Fsp3) is 0.625. The predicted octanol–water partition coefficient (Wildman–Crippen LogP) is 3.09. The maximum Gasteiger partial charge on any atom is 0.118 e. The molecule has 116 valence electrons. The predicted molar refractivity (Wildman–Crippen MR) is 82.2 cm³/mol. The largest absolute Gasteiger partial charge is 0.497 e. The first-order valence-electron chi connectivity index (χ1n) is 7.50. The summed E-state index contributed by atoms with van der Waals surface area (Å²) >= 11 is 0. The Labute approximate surface area is 125 Å². The molecule has 1 fully saturated rings. The molecule has 1 saturated carbocycles. The molecule has 0 heterocycles. The van der Waals surface area contributed by atoms with Gasteiger partial charge in [0, 0.05) is 19.5 Å². The fourth-order valence-electron chi connectivity index (χ4n) is 3.23. The molecule has 0 spiro atoms. The van der Waals surface area contributed by atoms with Crippen LogP contribution in [-0.4, -0.2) is 36.4 Å². The molecule has 2 rings (SSSR count). The first-order chi connectivity index (χ1) is 10.1. The van der Waals surface area contributed by atoms with Gasteiger partial charge in [-0.3, -0.25) is 5.01 Å². The van der Waals surface area contributed by atoms with E-state index in [0.717, 1.165) is 37.0 Å². The maximum atomic E-state index is 11.1. The van der Waals surface area contributed by atoms with E-state index in [0.29, 0.717) is 6.54 Å². The maximum absolute atomic E-state index is 11.1. The van der Waals surface area contributed by atoms with Crippen LogP contribution in [0.2, 0.25) is 0 Å². The highest BCUT2D eigenvalue weighted by Crippen LogP contribution is 2.40. The van der Waals surface area contributed by atoms with Gasteiger partial charge in [-0.25, -0.2) is 0 Å². The summed E-state index contributed by atoms with van der Waals surface area (Å²) in [5.41, 5.74) is 0.266. The quantitative estimate of drug-likeness (QED) is 0.646. The van der Waals surface area contributed by atoms with Crippen LogP contribution in [0.15, 0.2) is 29.6 Å². The molecule has 1 aromatic carbocycles. The zero-order valence-corrected chi connectivity index (χ0v) is 12.8. The van der Waals surface area contributed by atoms with Gasteiger partial charge in [-0.05, 0) is 30.5 Å². The van der Waals surface area contributed by atoms with Gasteiger partial charge in [0.25, 0.3) is 0 Å². The number of methoxy groups -OCH3 is 1. The summed E-state index contributed by atoms with van der Waals surface area (Å²) in [5, 5.41) is 15.4. The Hall–Kier alpha value is -1.62. The molecule has 5 heteroatoms. The summed E-state index contributed by atoms with van der Waals surface area (Å²) in [4.78, 5) is 10.7. The van der Waals surface area contributed by atoms with Gasteiger partial charge in [-0.1, -0.05) is 31.4 Å². The number of benzene rings is 1. The third-order valence-corrected chi connectivity index (χ3v) is 4.47. The van der Waals surface area contributed by atoms with Crippen molar-refractivity contribution in [3.05, 3.63) is 34.7 Å². The molecular formula is C16H24N2O3. The SMILES string of the molecule is COc1ccc(C(CN(C)N=O)C2(O)CCCCC2)cc1. The van der Waals surface area contributed by atoms with Crippen LogP contribution in [-0.2, 0) is 0 Å². The average Bonchev–Trinajstić information content (AvgIpc) is 2.53. The first kappa shape index (κ1) is 15.8. The smallest absolute Gasteiger partial charge is 0.118 e. The van der Waals surface area contributed by atoms with Crippen LogP contribution < -0.4 is 4.74 Å². The number of nitroso groups, excluding NO2 is 1. The standard InChI is InChI=1S/C16H24N2O3/c1-18(17-20)12-15(16(19)10-4-3-5-11-16)13-6-8-14(21-2)9-7-13/h6-9,15,19H,3-5,10-12H2,1-2H3. The summed E-state index contributed by atoms with van der Waals surface area (Å²) in [6.45, 7) is 0.423. The lowest BCUT2D eigenvalue weighted by molar-refractivity contribution is -0.0292. The third-order valence-electron chi connectivity index (χ3n) is 4.47. The molecule has 1 aliphatic rings. The normalized spacial score (nSPS) is 18.8. The summed E-state index contributed by atoms with van der Waals surface area (Å²) in [5.74, 6) is 0.668. The van der Waals surface area contributed by atoms with Crippen LogP contribution in [0.1, 0.15) is 43.6 Å². The number of ether oxygens (including phenoxy) is 1. The molecule has 0 bridgehead atoms. The van der Waals surface area contributed by atoms with E-state index >= 15 is 0 Å². The number of rotatable bonds is 6. The van der Waals surface area contributed by atoms with Gasteiger partial charge in [-0.2, -0.15) is 0 Å². The van der Waals surface area contributed by atoms with Gasteiger partial charge < -0.3 is 9.84 Å². The van der Waals surface area contributed by atoms with Gasteiger partial charge in [0.15, 0.2) is 0 Å². The molecule has 1 unspecified atom stereocenters. The third kappa shape index (κ3) is 3.73. The van der Waals surface area contributed by atoms with E-state index in [1.54, 1.807) is 14.2 Å². The van der Waals surface area contributed by atoms with E-state index in [1.165, 1.54) is 11.4 Å². The Kier molecular flexibility index (Phi) is 5.17. The van der Waals surface area contributed by atoms with Gasteiger partial charge in [-0.15, -0.1) is 4.91 Å². The molecule has 21 heavy (non-hydrogen) atoms. The van der Waals surface area contributed by atoms with E-state index in [9.17, 15) is 10.0 Å². The highest BCUT2D eigenvalue weighted by molar-refractivity contribution is 5.31. The van der Waals surface area contributed by atoms with Gasteiger partial charge >= 0.3 is 0 Å². The van der Waals surface area contributed by atoms with Crippen LogP contribution in [0.3, 0.4) is 0 Å². The van der Waals surface area contributed by atoms with Crippen molar-refractivity contribution in [3.63, 3.8) is 0 Å². The molecular weight excluding hydrogens is 268 g/mol. The van der Waals surface area contributed by atoms with Gasteiger partial charge in [0.1, 0.15) is 5.75 Å². The molecule has 0 amide bonds. The topological polar surface area (TPSA) is 62.1 Å². The van der Waals surface area contributed by atoms with Crippen molar-refractivity contribution in [3.8, 4) is 5.75 Å². The Bertz CT molecular complexity index is 455. The van der Waals surface area contributed by atoms with Crippen LogP contribution in [0.4, 0.5) is 0 Å². The highest BCUT2D eigenvalue weighted by atomic mass is 16.5. The molecule has 0 aliphatic heterocycles. The van der Waals surface area contributed by atoms with Crippen LogP contribution >= 0.6 is 0 Å². The van der Waals surface area contributed by atoms with Crippen molar-refractivity contribution in [1.29, 1.82) is 0 Å². The van der Waals surface area contributed by atoms with Crippen LogP contribution in [0.5, 0.6) is 5.75 Å². The molecule has 1 N–H and O–H groups in total.